The van der Waals surface area contributed by atoms with Crippen LogP contribution in [0.15, 0.2) is 18.2 Å². The molecule has 1 aromatic carbocycles. The average Bonchev–Trinajstić information content (AvgIpc) is 2.32. The van der Waals surface area contributed by atoms with E-state index in [1.165, 1.54) is 0 Å². The van der Waals surface area contributed by atoms with Gasteiger partial charge < -0.3 is 4.74 Å². The van der Waals surface area contributed by atoms with Gasteiger partial charge in [0.25, 0.3) is 0 Å². The minimum atomic E-state index is -0.689. The number of halogens is 2. The Balaban J connectivity index is 3.01. The fraction of sp³-hybridized carbons (Fsp3) is 0.308. The highest BCUT2D eigenvalue weighted by Gasteiger charge is 2.23. The van der Waals surface area contributed by atoms with Crippen LogP contribution in [0.2, 0.25) is 10.0 Å². The van der Waals surface area contributed by atoms with Crippen molar-refractivity contribution in [2.75, 3.05) is 13.2 Å². The molecule has 0 bridgehead atoms. The fourth-order valence-corrected chi connectivity index (χ4v) is 1.96. The van der Waals surface area contributed by atoms with E-state index in [0.717, 1.165) is 0 Å². The third-order valence-corrected chi connectivity index (χ3v) is 2.77. The molecule has 1 atom stereocenters. The van der Waals surface area contributed by atoms with Gasteiger partial charge >= 0.3 is 5.97 Å². The molecule has 0 saturated carbocycles. The Morgan fingerprint density at radius 2 is 2.28 bits per heavy atom. The number of esters is 1. The zero-order valence-electron chi connectivity index (χ0n) is 9.87. The maximum absolute atomic E-state index is 11.8. The van der Waals surface area contributed by atoms with E-state index in [1.54, 1.807) is 25.1 Å². The van der Waals surface area contributed by atoms with Crippen LogP contribution in [0.4, 0.5) is 0 Å². The second kappa shape index (κ2) is 7.27. The molecule has 0 fully saturated rings. The van der Waals surface area contributed by atoms with Crippen LogP contribution in [0.25, 0.3) is 0 Å². The number of rotatable bonds is 5. The Hall–Kier alpha value is -1.21. The van der Waals surface area contributed by atoms with Crippen molar-refractivity contribution in [3.8, 4) is 12.3 Å². The van der Waals surface area contributed by atoms with Crippen LogP contribution < -0.4 is 5.32 Å². The minimum Gasteiger partial charge on any atom is -0.465 e. The summed E-state index contributed by atoms with van der Waals surface area (Å²) in [6, 6.07) is 4.22. The second-order valence-corrected chi connectivity index (χ2v) is 4.28. The number of carbonyl (C=O) groups excluding carboxylic acids is 1. The molecule has 0 aliphatic rings. The van der Waals surface area contributed by atoms with Gasteiger partial charge in [0, 0.05) is 10.0 Å². The lowest BCUT2D eigenvalue weighted by Gasteiger charge is -2.17. The van der Waals surface area contributed by atoms with Crippen molar-refractivity contribution in [1.29, 1.82) is 0 Å². The summed E-state index contributed by atoms with van der Waals surface area (Å²) in [7, 11) is 0. The first-order chi connectivity index (χ1) is 8.60. The quantitative estimate of drug-likeness (QED) is 0.668. The van der Waals surface area contributed by atoms with Gasteiger partial charge in [-0.1, -0.05) is 35.2 Å². The normalized spacial score (nSPS) is 11.7. The summed E-state index contributed by atoms with van der Waals surface area (Å²) in [6.45, 7) is 2.26. The highest BCUT2D eigenvalue weighted by molar-refractivity contribution is 6.35. The topological polar surface area (TPSA) is 38.3 Å². The van der Waals surface area contributed by atoms with Crippen LogP contribution in [0.1, 0.15) is 18.5 Å². The van der Waals surface area contributed by atoms with E-state index in [0.29, 0.717) is 15.6 Å². The lowest BCUT2D eigenvalue weighted by molar-refractivity contribution is -0.145. The van der Waals surface area contributed by atoms with Crippen LogP contribution in [-0.2, 0) is 9.53 Å². The zero-order chi connectivity index (χ0) is 13.5. The maximum Gasteiger partial charge on any atom is 0.327 e. The van der Waals surface area contributed by atoms with Gasteiger partial charge in [0.15, 0.2) is 0 Å². The highest BCUT2D eigenvalue weighted by Crippen LogP contribution is 2.27. The average molecular weight is 286 g/mol. The van der Waals surface area contributed by atoms with Gasteiger partial charge in [0.2, 0.25) is 0 Å². The van der Waals surface area contributed by atoms with Crippen molar-refractivity contribution in [3.63, 3.8) is 0 Å². The highest BCUT2D eigenvalue weighted by atomic mass is 35.5. The lowest BCUT2D eigenvalue weighted by atomic mass is 10.1. The van der Waals surface area contributed by atoms with Gasteiger partial charge in [0.05, 0.1) is 13.2 Å². The summed E-state index contributed by atoms with van der Waals surface area (Å²) >= 11 is 11.9. The summed E-state index contributed by atoms with van der Waals surface area (Å²) in [5.41, 5.74) is 0.592. The summed E-state index contributed by atoms with van der Waals surface area (Å²) in [5.74, 6) is 1.99. The van der Waals surface area contributed by atoms with Crippen LogP contribution in [0.5, 0.6) is 0 Å². The molecule has 0 spiro atoms. The smallest absolute Gasteiger partial charge is 0.327 e. The zero-order valence-corrected chi connectivity index (χ0v) is 11.4. The molecule has 1 unspecified atom stereocenters. The molecule has 1 N–H and O–H groups in total. The van der Waals surface area contributed by atoms with Crippen molar-refractivity contribution in [3.05, 3.63) is 33.8 Å². The second-order valence-electron chi connectivity index (χ2n) is 3.44. The maximum atomic E-state index is 11.8. The minimum absolute atomic E-state index is 0.239. The van der Waals surface area contributed by atoms with Crippen molar-refractivity contribution >= 4 is 29.2 Å². The first-order valence-corrected chi connectivity index (χ1v) is 6.14. The molecular formula is C13H13Cl2NO2. The molecule has 0 aliphatic carbocycles. The van der Waals surface area contributed by atoms with E-state index in [9.17, 15) is 4.79 Å². The van der Waals surface area contributed by atoms with Crippen molar-refractivity contribution in [2.45, 2.75) is 13.0 Å². The number of benzene rings is 1. The lowest BCUT2D eigenvalue weighted by Crippen LogP contribution is -2.30. The molecule has 0 radical (unpaired) electrons. The van der Waals surface area contributed by atoms with Crippen LogP contribution in [0.3, 0.4) is 0 Å². The van der Waals surface area contributed by atoms with Gasteiger partial charge in [-0.05, 0) is 24.6 Å². The van der Waals surface area contributed by atoms with Crippen molar-refractivity contribution in [1.82, 2.24) is 5.32 Å². The van der Waals surface area contributed by atoms with Gasteiger partial charge in [-0.3, -0.25) is 5.32 Å². The Morgan fingerprint density at radius 3 is 2.83 bits per heavy atom. The summed E-state index contributed by atoms with van der Waals surface area (Å²) in [6.07, 6.45) is 5.17. The number of ether oxygens (including phenoxy) is 1. The first kappa shape index (κ1) is 14.8. The van der Waals surface area contributed by atoms with E-state index in [-0.39, 0.29) is 13.2 Å². The first-order valence-electron chi connectivity index (χ1n) is 5.38. The van der Waals surface area contributed by atoms with E-state index in [1.807, 2.05) is 0 Å². The Morgan fingerprint density at radius 1 is 1.56 bits per heavy atom. The predicted molar refractivity (Wildman–Crippen MR) is 72.7 cm³/mol. The third-order valence-electron chi connectivity index (χ3n) is 2.20. The standard InChI is InChI=1S/C13H13Cl2NO2/c1-3-7-16-12(13(17)18-4-2)10-6-5-9(14)8-11(10)15/h1,5-6,8,12,16H,4,7H2,2H3. The molecule has 0 aromatic heterocycles. The van der Waals surface area contributed by atoms with Gasteiger partial charge in [-0.2, -0.15) is 0 Å². The number of hydrogen-bond donors (Lipinski definition) is 1. The third kappa shape index (κ3) is 3.92. The molecule has 0 heterocycles. The monoisotopic (exact) mass is 285 g/mol. The van der Waals surface area contributed by atoms with Gasteiger partial charge in [-0.15, -0.1) is 6.42 Å². The number of carbonyl (C=O) groups is 1. The molecule has 18 heavy (non-hydrogen) atoms. The van der Waals surface area contributed by atoms with E-state index in [2.05, 4.69) is 11.2 Å². The SMILES string of the molecule is C#CCNC(C(=O)OCC)c1ccc(Cl)cc1Cl. The Labute approximate surface area is 116 Å². The van der Waals surface area contributed by atoms with Crippen LogP contribution in [-0.4, -0.2) is 19.1 Å². The number of nitrogens with one attached hydrogen (secondary N) is 1. The van der Waals surface area contributed by atoms with E-state index >= 15 is 0 Å². The molecule has 5 heteroatoms. The van der Waals surface area contributed by atoms with E-state index in [4.69, 9.17) is 34.4 Å². The van der Waals surface area contributed by atoms with Gasteiger partial charge in [-0.25, -0.2) is 4.79 Å². The largest absolute Gasteiger partial charge is 0.465 e. The number of terminal acetylenes is 1. The fourth-order valence-electron chi connectivity index (χ4n) is 1.44. The summed E-state index contributed by atoms with van der Waals surface area (Å²) in [4.78, 5) is 11.8. The molecule has 0 aliphatic heterocycles. The molecule has 96 valence electrons. The van der Waals surface area contributed by atoms with Crippen LogP contribution in [0, 0.1) is 12.3 Å². The molecular weight excluding hydrogens is 273 g/mol. The summed E-state index contributed by atoms with van der Waals surface area (Å²) < 4.78 is 4.98. The van der Waals surface area contributed by atoms with Crippen molar-refractivity contribution in [2.24, 2.45) is 0 Å². The Bertz CT molecular complexity index is 469. The molecule has 3 nitrogen and oxygen atoms in total. The molecule has 1 aromatic rings. The van der Waals surface area contributed by atoms with Crippen molar-refractivity contribution < 1.29 is 9.53 Å². The van der Waals surface area contributed by atoms with E-state index < -0.39 is 12.0 Å². The summed E-state index contributed by atoms with van der Waals surface area (Å²) in [5, 5.41) is 3.79. The number of hydrogen-bond acceptors (Lipinski definition) is 3. The molecule has 0 amide bonds. The predicted octanol–water partition coefficient (Wildman–Crippen LogP) is 2.82. The van der Waals surface area contributed by atoms with Gasteiger partial charge in [0.1, 0.15) is 6.04 Å². The molecule has 1 rings (SSSR count). The van der Waals surface area contributed by atoms with Crippen LogP contribution >= 0.6 is 23.2 Å². The Kier molecular flexibility index (Phi) is 6.00. The molecule has 0 saturated heterocycles.